The van der Waals surface area contributed by atoms with Crippen molar-refractivity contribution in [2.75, 3.05) is 13.3 Å². The number of likely N-dealkylation sites (tertiary alicyclic amines) is 1. The molecule has 2 aromatic rings. The highest BCUT2D eigenvalue weighted by Crippen LogP contribution is 2.56. The van der Waals surface area contributed by atoms with Crippen LogP contribution in [0.2, 0.25) is 0 Å². The molecule has 6 heteroatoms. The molecule has 4 heterocycles. The fraction of sp³-hybridized carbons (Fsp3) is 0.483. The molecule has 2 aromatic carbocycles. The summed E-state index contributed by atoms with van der Waals surface area (Å²) in [4.78, 5) is 19.2. The first-order valence-corrected chi connectivity index (χ1v) is 13.9. The largest absolute Gasteiger partial charge is 0.454 e. The summed E-state index contributed by atoms with van der Waals surface area (Å²) in [6.07, 6.45) is 8.62. The Bertz CT molecular complexity index is 1190. The van der Waals surface area contributed by atoms with Gasteiger partial charge in [-0.2, -0.15) is 0 Å². The maximum absolute atomic E-state index is 14.4. The molecule has 0 N–H and O–H groups in total. The molecule has 1 amide bonds. The van der Waals surface area contributed by atoms with Crippen LogP contribution in [0.1, 0.15) is 62.1 Å². The van der Waals surface area contributed by atoms with Gasteiger partial charge in [-0.3, -0.25) is 4.79 Å². The summed E-state index contributed by atoms with van der Waals surface area (Å²) in [6, 6.07) is 15.1. The second kappa shape index (κ2) is 8.58. The summed E-state index contributed by atoms with van der Waals surface area (Å²) in [7, 11) is 0. The number of fused-ring (bicyclic) bond motifs is 3. The lowest BCUT2D eigenvalue weighted by Gasteiger charge is -2.36. The van der Waals surface area contributed by atoms with E-state index in [1.54, 1.807) is 0 Å². The summed E-state index contributed by atoms with van der Waals surface area (Å²) < 4.78 is 12.2. The minimum absolute atomic E-state index is 0.0626. The first-order chi connectivity index (χ1) is 17.2. The highest BCUT2D eigenvalue weighted by Gasteiger charge is 2.57. The molecule has 0 aromatic heterocycles. The number of allylic oxidation sites excluding steroid dienone is 1. The number of ether oxygens (including phenoxy) is 2. The quantitative estimate of drug-likeness (QED) is 0.468. The number of halogens is 1. The van der Waals surface area contributed by atoms with Crippen LogP contribution in [0.3, 0.4) is 0 Å². The first kappa shape index (κ1) is 21.8. The van der Waals surface area contributed by atoms with Gasteiger partial charge in [0.1, 0.15) is 0 Å². The smallest absolute Gasteiger partial charge is 0.233 e. The summed E-state index contributed by atoms with van der Waals surface area (Å²) >= 11 is 3.59. The highest BCUT2D eigenvalue weighted by molar-refractivity contribution is 9.10. The van der Waals surface area contributed by atoms with Gasteiger partial charge < -0.3 is 19.3 Å². The van der Waals surface area contributed by atoms with Crippen molar-refractivity contribution in [3.05, 3.63) is 69.3 Å². The van der Waals surface area contributed by atoms with E-state index in [0.29, 0.717) is 18.4 Å². The summed E-state index contributed by atoms with van der Waals surface area (Å²) in [5, 5.41) is 0. The molecule has 0 bridgehead atoms. The molecular formula is C29H31BrN2O3. The van der Waals surface area contributed by atoms with Crippen molar-refractivity contribution in [1.82, 2.24) is 9.80 Å². The zero-order chi connectivity index (χ0) is 23.5. The van der Waals surface area contributed by atoms with Gasteiger partial charge in [0.2, 0.25) is 12.7 Å². The predicted octanol–water partition coefficient (Wildman–Crippen LogP) is 6.19. The van der Waals surface area contributed by atoms with Gasteiger partial charge in [0.25, 0.3) is 0 Å². The van der Waals surface area contributed by atoms with Crippen LogP contribution in [0.15, 0.2) is 58.2 Å². The van der Waals surface area contributed by atoms with Crippen molar-refractivity contribution in [2.45, 2.75) is 63.6 Å². The van der Waals surface area contributed by atoms with Crippen LogP contribution in [0.25, 0.3) is 0 Å². The van der Waals surface area contributed by atoms with Gasteiger partial charge in [0.05, 0.1) is 18.0 Å². The molecular weight excluding hydrogens is 504 g/mol. The highest BCUT2D eigenvalue weighted by atomic mass is 79.9. The number of carbonyl (C=O) groups excluding carboxylic acids is 1. The molecule has 1 aliphatic carbocycles. The third kappa shape index (κ3) is 3.51. The second-order valence-electron chi connectivity index (χ2n) is 10.7. The van der Waals surface area contributed by atoms with E-state index in [1.165, 1.54) is 55.4 Å². The van der Waals surface area contributed by atoms with E-state index in [-0.39, 0.29) is 24.8 Å². The van der Waals surface area contributed by atoms with E-state index in [4.69, 9.17) is 9.47 Å². The number of hydrogen-bond donors (Lipinski definition) is 0. The van der Waals surface area contributed by atoms with E-state index in [1.807, 2.05) is 6.07 Å². The van der Waals surface area contributed by atoms with Crippen LogP contribution in [0, 0.1) is 11.8 Å². The van der Waals surface area contributed by atoms with Crippen molar-refractivity contribution in [3.63, 3.8) is 0 Å². The van der Waals surface area contributed by atoms with Crippen molar-refractivity contribution in [1.29, 1.82) is 0 Å². The average molecular weight is 535 g/mol. The van der Waals surface area contributed by atoms with Gasteiger partial charge in [-0.1, -0.05) is 53.4 Å². The van der Waals surface area contributed by atoms with Crippen LogP contribution in [-0.2, 0) is 11.3 Å². The van der Waals surface area contributed by atoms with Gasteiger partial charge in [-0.15, -0.1) is 0 Å². The summed E-state index contributed by atoms with van der Waals surface area (Å²) in [5.41, 5.74) is 5.30. The molecule has 182 valence electrons. The number of amides is 1. The Morgan fingerprint density at radius 1 is 0.914 bits per heavy atom. The van der Waals surface area contributed by atoms with E-state index < -0.39 is 0 Å². The Balaban J connectivity index is 1.30. The zero-order valence-electron chi connectivity index (χ0n) is 19.9. The first-order valence-electron chi connectivity index (χ1n) is 13.1. The Kier molecular flexibility index (Phi) is 5.34. The molecule has 0 radical (unpaired) electrons. The van der Waals surface area contributed by atoms with Gasteiger partial charge in [0.15, 0.2) is 11.5 Å². The lowest BCUT2D eigenvalue weighted by Crippen LogP contribution is -2.41. The molecule has 35 heavy (non-hydrogen) atoms. The minimum atomic E-state index is -0.0626. The molecule has 3 unspecified atom stereocenters. The molecule has 1 saturated carbocycles. The van der Waals surface area contributed by atoms with Crippen LogP contribution in [0.5, 0.6) is 11.5 Å². The number of rotatable bonds is 4. The van der Waals surface area contributed by atoms with Crippen LogP contribution in [0.4, 0.5) is 0 Å². The lowest BCUT2D eigenvalue weighted by atomic mass is 9.78. The Labute approximate surface area is 215 Å². The maximum Gasteiger partial charge on any atom is 0.233 e. The Morgan fingerprint density at radius 3 is 2.54 bits per heavy atom. The molecule has 3 fully saturated rings. The van der Waals surface area contributed by atoms with E-state index >= 15 is 0 Å². The monoisotopic (exact) mass is 534 g/mol. The molecule has 3 atom stereocenters. The fourth-order valence-electron chi connectivity index (χ4n) is 7.35. The molecule has 2 saturated heterocycles. The van der Waals surface area contributed by atoms with Crippen LogP contribution in [-0.4, -0.2) is 35.1 Å². The fourth-order valence-corrected chi connectivity index (χ4v) is 7.62. The topological polar surface area (TPSA) is 42.0 Å². The number of nitrogens with zero attached hydrogens (tertiary/aromatic N) is 2. The molecule has 4 aliphatic heterocycles. The number of hydrogen-bond acceptors (Lipinski definition) is 4. The SMILES string of the molecule is O=C1C2C(=C3CCCN3C2c2ccc(Br)cc2)C(C2CCCCC2)N1Cc1ccc2c(c1)OCO2. The van der Waals surface area contributed by atoms with Crippen molar-refractivity contribution in [3.8, 4) is 11.5 Å². The van der Waals surface area contributed by atoms with Crippen LogP contribution >= 0.6 is 15.9 Å². The van der Waals surface area contributed by atoms with Gasteiger partial charge in [0, 0.05) is 23.3 Å². The minimum Gasteiger partial charge on any atom is -0.454 e. The standard InChI is InChI=1S/C29H31BrN2O3/c30-21-11-9-20(10-12-21)28-26-25(22-7-4-14-31(22)28)27(19-5-2-1-3-6-19)32(29(26)33)16-18-8-13-23-24(15-18)35-17-34-23/h8-13,15,19,26-28H,1-7,14,16-17H2. The number of benzene rings is 2. The Hall–Kier alpha value is -2.47. The zero-order valence-corrected chi connectivity index (χ0v) is 21.5. The van der Waals surface area contributed by atoms with Crippen molar-refractivity contribution >= 4 is 21.8 Å². The van der Waals surface area contributed by atoms with Gasteiger partial charge in [-0.05, 0) is 72.6 Å². The molecule has 5 aliphatic rings. The van der Waals surface area contributed by atoms with Crippen LogP contribution < -0.4 is 9.47 Å². The lowest BCUT2D eigenvalue weighted by molar-refractivity contribution is -0.134. The third-order valence-electron chi connectivity index (χ3n) is 8.78. The summed E-state index contributed by atoms with van der Waals surface area (Å²) in [6.45, 7) is 1.97. The predicted molar refractivity (Wildman–Crippen MR) is 137 cm³/mol. The second-order valence-corrected chi connectivity index (χ2v) is 11.6. The van der Waals surface area contributed by atoms with Gasteiger partial charge in [-0.25, -0.2) is 0 Å². The molecule has 5 nitrogen and oxygen atoms in total. The normalized spacial score (nSPS) is 27.7. The maximum atomic E-state index is 14.4. The molecule has 7 rings (SSSR count). The van der Waals surface area contributed by atoms with E-state index in [9.17, 15) is 4.79 Å². The average Bonchev–Trinajstić information content (AvgIpc) is 3.64. The van der Waals surface area contributed by atoms with Crippen molar-refractivity contribution in [2.24, 2.45) is 11.8 Å². The summed E-state index contributed by atoms with van der Waals surface area (Å²) in [5.74, 6) is 2.39. The van der Waals surface area contributed by atoms with E-state index in [0.717, 1.165) is 34.5 Å². The van der Waals surface area contributed by atoms with E-state index in [2.05, 4.69) is 62.1 Å². The number of carbonyl (C=O) groups is 1. The van der Waals surface area contributed by atoms with Gasteiger partial charge >= 0.3 is 0 Å². The Morgan fingerprint density at radius 2 is 1.71 bits per heavy atom. The molecule has 0 spiro atoms. The third-order valence-corrected chi connectivity index (χ3v) is 9.31. The van der Waals surface area contributed by atoms with Crippen molar-refractivity contribution < 1.29 is 14.3 Å².